The van der Waals surface area contributed by atoms with Crippen molar-refractivity contribution in [1.29, 1.82) is 0 Å². The van der Waals surface area contributed by atoms with Crippen molar-refractivity contribution in [2.45, 2.75) is 61.0 Å². The summed E-state index contributed by atoms with van der Waals surface area (Å²) in [6.45, 7) is -1.08. The van der Waals surface area contributed by atoms with Gasteiger partial charge in [0.2, 0.25) is 21.9 Å². The number of hydrogen-bond acceptors (Lipinski definition) is 7. The number of benzene rings is 1. The molecule has 31 heavy (non-hydrogen) atoms. The minimum Gasteiger partial charge on any atom is -0.388 e. The highest BCUT2D eigenvalue weighted by molar-refractivity contribution is 7.89. The maximum Gasteiger partial charge on any atom is 0.240 e. The second-order valence-electron chi connectivity index (χ2n) is 8.71. The molecule has 3 N–H and O–H groups in total. The van der Waals surface area contributed by atoms with Crippen molar-refractivity contribution in [3.05, 3.63) is 36.0 Å². The van der Waals surface area contributed by atoms with E-state index in [1.165, 1.54) is 24.3 Å². The Kier molecular flexibility index (Phi) is 3.69. The first kappa shape index (κ1) is 17.0. The number of sulfonamides is 1. The van der Waals surface area contributed by atoms with Gasteiger partial charge in [0, 0.05) is 21.6 Å². The molecule has 9 nitrogen and oxygen atoms in total. The number of anilines is 3. The zero-order valence-electron chi connectivity index (χ0n) is 19.9. The average Bonchev–Trinajstić information content (AvgIpc) is 3.41. The Balaban J connectivity index is 1.42. The van der Waals surface area contributed by atoms with E-state index in [-0.39, 0.29) is 22.8 Å². The number of nitrogens with zero attached hydrogens (tertiary/aromatic N) is 3. The van der Waals surface area contributed by atoms with Crippen LogP contribution in [-0.2, 0) is 20.2 Å². The molecular formula is C21H25N5O4S. The minimum atomic E-state index is -4.20. The second kappa shape index (κ2) is 6.72. The molecular weight excluding hydrogens is 418 g/mol. The van der Waals surface area contributed by atoms with Gasteiger partial charge in [-0.2, -0.15) is 4.98 Å². The van der Waals surface area contributed by atoms with Gasteiger partial charge in [0.25, 0.3) is 0 Å². The molecule has 2 heterocycles. The monoisotopic (exact) mass is 446 g/mol. The lowest BCUT2D eigenvalue weighted by atomic mass is 9.98. The SMILES string of the molecule is [2H]C([2H])([2H])NS(=O)(=O)c1ccc(Nc2ncc3c(n2)N([C@@H]2CCC[C@@]2(C)O)C(=O)C32CC2)cc1. The molecule has 1 amide bonds. The number of aliphatic hydroxyl groups is 1. The van der Waals surface area contributed by atoms with Crippen LogP contribution in [0.25, 0.3) is 0 Å². The largest absolute Gasteiger partial charge is 0.388 e. The fourth-order valence-corrected chi connectivity index (χ4v) is 5.35. The third kappa shape index (κ3) is 3.12. The third-order valence-corrected chi connectivity index (χ3v) is 7.80. The number of rotatable bonds is 5. The molecule has 2 aromatic rings. The van der Waals surface area contributed by atoms with E-state index in [2.05, 4.69) is 15.3 Å². The number of carbonyl (C=O) groups is 1. The number of nitrogens with one attached hydrogen (secondary N) is 2. The molecule has 1 aliphatic heterocycles. The molecule has 2 aliphatic carbocycles. The summed E-state index contributed by atoms with van der Waals surface area (Å²) in [5.41, 5.74) is -0.311. The Hall–Kier alpha value is -2.56. The van der Waals surface area contributed by atoms with Gasteiger partial charge in [-0.05, 0) is 70.3 Å². The maximum atomic E-state index is 13.3. The quantitative estimate of drug-likeness (QED) is 0.640. The minimum absolute atomic E-state index is 0.0301. The highest BCUT2D eigenvalue weighted by Crippen LogP contribution is 2.58. The van der Waals surface area contributed by atoms with Gasteiger partial charge in [0.05, 0.1) is 22.0 Å². The van der Waals surface area contributed by atoms with E-state index in [0.717, 1.165) is 24.8 Å². The van der Waals surface area contributed by atoms with Crippen LogP contribution in [-0.4, -0.2) is 48.0 Å². The summed E-state index contributed by atoms with van der Waals surface area (Å²) in [6.07, 6.45) is 5.26. The lowest BCUT2D eigenvalue weighted by molar-refractivity contribution is -0.121. The van der Waals surface area contributed by atoms with Crippen LogP contribution in [0.2, 0.25) is 0 Å². The van der Waals surface area contributed by atoms with Crippen LogP contribution in [0.3, 0.4) is 0 Å². The molecule has 1 aromatic carbocycles. The van der Waals surface area contributed by atoms with Crippen LogP contribution in [0, 0.1) is 0 Å². The van der Waals surface area contributed by atoms with Crippen molar-refractivity contribution in [3.8, 4) is 0 Å². The van der Waals surface area contributed by atoms with Crippen LogP contribution < -0.4 is 14.9 Å². The smallest absolute Gasteiger partial charge is 0.240 e. The molecule has 0 unspecified atom stereocenters. The van der Waals surface area contributed by atoms with Gasteiger partial charge < -0.3 is 10.4 Å². The standard InChI is InChI=1S/C21H25N5O4S/c1-20(28)9-3-4-16(20)26-17-15(21(10-11-21)18(26)27)12-23-19(25-17)24-13-5-7-14(8-6-13)31(29,30)22-2/h5-8,12,16,22,28H,3-4,9-11H2,1-2H3,(H,23,24,25)/t16-,20-/m1/s1/i2D3. The summed E-state index contributed by atoms with van der Waals surface area (Å²) in [7, 11) is -4.20. The number of fused-ring (bicyclic) bond motifs is 2. The number of hydrogen-bond donors (Lipinski definition) is 3. The molecule has 164 valence electrons. The second-order valence-corrected chi connectivity index (χ2v) is 10.4. The average molecular weight is 447 g/mol. The Morgan fingerprint density at radius 1 is 1.26 bits per heavy atom. The molecule has 2 fully saturated rings. The molecule has 1 aromatic heterocycles. The van der Waals surface area contributed by atoms with Gasteiger partial charge in [-0.3, -0.25) is 9.69 Å². The third-order valence-electron chi connectivity index (χ3n) is 6.64. The summed E-state index contributed by atoms with van der Waals surface area (Å²) in [5.74, 6) is 0.703. The van der Waals surface area contributed by atoms with Gasteiger partial charge in [-0.15, -0.1) is 0 Å². The van der Waals surface area contributed by atoms with Crippen molar-refractivity contribution < 1.29 is 22.4 Å². The van der Waals surface area contributed by atoms with E-state index in [4.69, 9.17) is 4.11 Å². The predicted octanol–water partition coefficient (Wildman–Crippen LogP) is 1.81. The fourth-order valence-electron chi connectivity index (χ4n) is 4.74. The fraction of sp³-hybridized carbons (Fsp3) is 0.476. The Morgan fingerprint density at radius 3 is 2.61 bits per heavy atom. The number of carbonyl (C=O) groups excluding carboxylic acids is 1. The molecule has 0 saturated heterocycles. The Labute approximate surface area is 185 Å². The molecule has 3 aliphatic rings. The molecule has 0 radical (unpaired) electrons. The summed E-state index contributed by atoms with van der Waals surface area (Å²) < 4.78 is 47.3. The van der Waals surface area contributed by atoms with Crippen LogP contribution in [0.5, 0.6) is 0 Å². The van der Waals surface area contributed by atoms with Crippen molar-refractivity contribution >= 4 is 33.4 Å². The Bertz CT molecular complexity index is 1260. The number of aromatic nitrogens is 2. The van der Waals surface area contributed by atoms with Crippen LogP contribution >= 0.6 is 0 Å². The van der Waals surface area contributed by atoms with Crippen LogP contribution in [0.15, 0.2) is 35.4 Å². The topological polar surface area (TPSA) is 125 Å². The van der Waals surface area contributed by atoms with Crippen LogP contribution in [0.4, 0.5) is 17.5 Å². The summed E-state index contributed by atoms with van der Waals surface area (Å²) in [5, 5.41) is 13.9. The zero-order valence-corrected chi connectivity index (χ0v) is 17.7. The van der Waals surface area contributed by atoms with E-state index in [0.29, 0.717) is 24.3 Å². The summed E-state index contributed by atoms with van der Waals surface area (Å²) >= 11 is 0. The first-order chi connectivity index (χ1) is 15.8. The van der Waals surface area contributed by atoms with Crippen molar-refractivity contribution in [1.82, 2.24) is 14.7 Å². The highest BCUT2D eigenvalue weighted by Gasteiger charge is 2.63. The van der Waals surface area contributed by atoms with Crippen molar-refractivity contribution in [2.75, 3.05) is 17.2 Å². The van der Waals surface area contributed by atoms with Gasteiger partial charge in [0.1, 0.15) is 5.82 Å². The Morgan fingerprint density at radius 2 is 2.00 bits per heavy atom. The first-order valence-electron chi connectivity index (χ1n) is 11.7. The summed E-state index contributed by atoms with van der Waals surface area (Å²) in [4.78, 5) is 23.8. The lowest BCUT2D eigenvalue weighted by Crippen LogP contribution is -2.50. The predicted molar refractivity (Wildman–Crippen MR) is 115 cm³/mol. The molecule has 2 saturated carbocycles. The first-order valence-corrected chi connectivity index (χ1v) is 11.7. The van der Waals surface area contributed by atoms with E-state index >= 15 is 0 Å². The van der Waals surface area contributed by atoms with Gasteiger partial charge >= 0.3 is 0 Å². The van der Waals surface area contributed by atoms with Crippen LogP contribution in [0.1, 0.15) is 48.7 Å². The van der Waals surface area contributed by atoms with Gasteiger partial charge in [-0.1, -0.05) is 0 Å². The van der Waals surface area contributed by atoms with Gasteiger partial charge in [0.15, 0.2) is 0 Å². The maximum absolute atomic E-state index is 13.3. The van der Waals surface area contributed by atoms with Crippen molar-refractivity contribution in [3.63, 3.8) is 0 Å². The molecule has 1 spiro atoms. The highest BCUT2D eigenvalue weighted by atomic mass is 32.2. The normalized spacial score (nSPS) is 28.2. The molecule has 5 rings (SSSR count). The van der Waals surface area contributed by atoms with E-state index in [1.807, 2.05) is 0 Å². The summed E-state index contributed by atoms with van der Waals surface area (Å²) in [6, 6.07) is 5.13. The molecule has 0 bridgehead atoms. The van der Waals surface area contributed by atoms with Crippen molar-refractivity contribution in [2.24, 2.45) is 0 Å². The molecule has 2 atom stereocenters. The lowest BCUT2D eigenvalue weighted by Gasteiger charge is -2.33. The van der Waals surface area contributed by atoms with E-state index in [1.54, 1.807) is 22.7 Å². The number of amides is 1. The zero-order chi connectivity index (χ0) is 24.5. The van der Waals surface area contributed by atoms with E-state index in [9.17, 15) is 18.3 Å². The van der Waals surface area contributed by atoms with Gasteiger partial charge in [-0.25, -0.2) is 18.1 Å². The van der Waals surface area contributed by atoms with E-state index < -0.39 is 28.0 Å². The molecule has 10 heteroatoms.